The highest BCUT2D eigenvalue weighted by Gasteiger charge is 2.73. The van der Waals surface area contributed by atoms with Gasteiger partial charge in [-0.1, -0.05) is 60.6 Å². The highest BCUT2D eigenvalue weighted by Crippen LogP contribution is 2.80. The summed E-state index contributed by atoms with van der Waals surface area (Å²) in [5.74, 6) is 2.99. The van der Waals surface area contributed by atoms with E-state index in [1.54, 1.807) is 0 Å². The minimum atomic E-state index is -0.124. The zero-order valence-electron chi connectivity index (χ0n) is 22.6. The summed E-state index contributed by atoms with van der Waals surface area (Å²) in [4.78, 5) is 0. The molecule has 0 aromatic rings. The van der Waals surface area contributed by atoms with Gasteiger partial charge >= 0.3 is 0 Å². The number of fused-ring (bicyclic) bond motifs is 7. The summed E-state index contributed by atoms with van der Waals surface area (Å²) in [5.41, 5.74) is 3.63. The third-order valence-electron chi connectivity index (χ3n) is 14.4. The average Bonchev–Trinajstić information content (AvgIpc) is 2.98. The van der Waals surface area contributed by atoms with Crippen molar-refractivity contribution in [1.29, 1.82) is 0 Å². The van der Waals surface area contributed by atoms with E-state index in [1.165, 1.54) is 63.4 Å². The number of hydrogen-bond acceptors (Lipinski definition) is 1. The predicted octanol–water partition coefficient (Wildman–Crippen LogP) is 8.41. The molecular weight excluding hydrogens is 388 g/mol. The Hall–Kier alpha value is -0.300. The molecule has 5 saturated carbocycles. The summed E-state index contributed by atoms with van der Waals surface area (Å²) in [5, 5.41) is 10.9. The lowest BCUT2D eigenvalue weighted by Gasteiger charge is -2.74. The van der Waals surface area contributed by atoms with E-state index >= 15 is 0 Å². The first-order valence-electron chi connectivity index (χ1n) is 14.0. The van der Waals surface area contributed by atoms with Crippen LogP contribution in [0.5, 0.6) is 0 Å². The molecule has 0 heterocycles. The van der Waals surface area contributed by atoms with Crippen LogP contribution < -0.4 is 0 Å². The Morgan fingerprint density at radius 1 is 0.688 bits per heavy atom. The van der Waals surface area contributed by atoms with Gasteiger partial charge in [0.25, 0.3) is 0 Å². The summed E-state index contributed by atoms with van der Waals surface area (Å²) >= 11 is 0. The fraction of sp³-hybridized carbons (Fsp3) is 0.935. The van der Waals surface area contributed by atoms with Gasteiger partial charge < -0.3 is 5.11 Å². The molecule has 0 bridgehead atoms. The van der Waals surface area contributed by atoms with E-state index in [1.807, 2.05) is 0 Å². The third kappa shape index (κ3) is 2.46. The van der Waals surface area contributed by atoms with Crippen molar-refractivity contribution in [3.8, 4) is 0 Å². The van der Waals surface area contributed by atoms with E-state index in [0.29, 0.717) is 38.9 Å². The minimum absolute atomic E-state index is 0.0553. The highest BCUT2D eigenvalue weighted by molar-refractivity contribution is 5.24. The van der Waals surface area contributed by atoms with Gasteiger partial charge in [-0.3, -0.25) is 0 Å². The summed E-state index contributed by atoms with van der Waals surface area (Å²) < 4.78 is 0. The number of aliphatic hydroxyl groups is 1. The van der Waals surface area contributed by atoms with Crippen LogP contribution in [-0.4, -0.2) is 11.2 Å². The quantitative estimate of drug-likeness (QED) is 0.406. The summed E-state index contributed by atoms with van der Waals surface area (Å²) in [6.07, 6.45) is 13.2. The second-order valence-electron chi connectivity index (χ2n) is 15.3. The number of hydrogen-bond donors (Lipinski definition) is 1. The molecular formula is C31H52O. The van der Waals surface area contributed by atoms with Crippen LogP contribution in [0.15, 0.2) is 12.2 Å². The van der Waals surface area contributed by atoms with Crippen molar-refractivity contribution in [3.63, 3.8) is 0 Å². The molecule has 10 atom stereocenters. The van der Waals surface area contributed by atoms with Crippen LogP contribution >= 0.6 is 0 Å². The van der Waals surface area contributed by atoms with Crippen molar-refractivity contribution in [2.45, 2.75) is 126 Å². The van der Waals surface area contributed by atoms with Crippen molar-refractivity contribution in [1.82, 2.24) is 0 Å². The molecule has 1 heteroatoms. The second-order valence-corrected chi connectivity index (χ2v) is 15.3. The van der Waals surface area contributed by atoms with E-state index in [-0.39, 0.29) is 11.5 Å². The molecule has 0 aliphatic heterocycles. The predicted molar refractivity (Wildman–Crippen MR) is 135 cm³/mol. The monoisotopic (exact) mass is 440 g/mol. The number of aliphatic hydroxyl groups excluding tert-OH is 1. The van der Waals surface area contributed by atoms with Crippen molar-refractivity contribution < 1.29 is 5.11 Å². The van der Waals surface area contributed by atoms with E-state index in [2.05, 4.69) is 62.0 Å². The SMILES string of the molecule is C=C(C)C1CCC2(C)CCC3(C)C(CCC4C5(C)CCC(O)C(C)(C)C5CCC43C)C12C. The average molecular weight is 441 g/mol. The van der Waals surface area contributed by atoms with E-state index in [4.69, 9.17) is 0 Å². The van der Waals surface area contributed by atoms with Crippen molar-refractivity contribution in [2.75, 3.05) is 0 Å². The largest absolute Gasteiger partial charge is 0.393 e. The van der Waals surface area contributed by atoms with Gasteiger partial charge in [0.15, 0.2) is 0 Å². The van der Waals surface area contributed by atoms with Gasteiger partial charge in [0.1, 0.15) is 0 Å². The Morgan fingerprint density at radius 3 is 1.97 bits per heavy atom. The van der Waals surface area contributed by atoms with E-state index in [0.717, 1.165) is 18.3 Å². The molecule has 0 saturated heterocycles. The van der Waals surface area contributed by atoms with Gasteiger partial charge in [-0.05, 0) is 127 Å². The Labute approximate surface area is 199 Å². The second kappa shape index (κ2) is 6.67. The van der Waals surface area contributed by atoms with Gasteiger partial charge in [-0.15, -0.1) is 0 Å². The maximum Gasteiger partial charge on any atom is 0.0594 e. The zero-order valence-corrected chi connectivity index (χ0v) is 22.6. The smallest absolute Gasteiger partial charge is 0.0594 e. The van der Waals surface area contributed by atoms with Gasteiger partial charge in [-0.25, -0.2) is 0 Å². The van der Waals surface area contributed by atoms with Crippen LogP contribution in [0.4, 0.5) is 0 Å². The van der Waals surface area contributed by atoms with E-state index < -0.39 is 0 Å². The van der Waals surface area contributed by atoms with Crippen molar-refractivity contribution in [3.05, 3.63) is 12.2 Å². The molecule has 5 fully saturated rings. The number of allylic oxidation sites excluding steroid dienone is 1. The lowest BCUT2D eigenvalue weighted by molar-refractivity contribution is -0.262. The zero-order chi connectivity index (χ0) is 23.5. The molecule has 0 amide bonds. The first-order valence-corrected chi connectivity index (χ1v) is 14.0. The molecule has 32 heavy (non-hydrogen) atoms. The molecule has 0 aromatic carbocycles. The number of rotatable bonds is 1. The molecule has 0 radical (unpaired) electrons. The normalized spacial score (nSPS) is 58.8. The summed E-state index contributed by atoms with van der Waals surface area (Å²) in [7, 11) is 0. The van der Waals surface area contributed by atoms with Gasteiger partial charge in [-0.2, -0.15) is 0 Å². The molecule has 10 unspecified atom stereocenters. The van der Waals surface area contributed by atoms with Crippen molar-refractivity contribution in [2.24, 2.45) is 56.2 Å². The van der Waals surface area contributed by atoms with Crippen molar-refractivity contribution >= 4 is 0 Å². The minimum Gasteiger partial charge on any atom is -0.393 e. The topological polar surface area (TPSA) is 20.2 Å². The van der Waals surface area contributed by atoms with Crippen LogP contribution in [-0.2, 0) is 0 Å². The van der Waals surface area contributed by atoms with Crippen LogP contribution in [0.1, 0.15) is 120 Å². The Kier molecular flexibility index (Phi) is 4.89. The van der Waals surface area contributed by atoms with Gasteiger partial charge in [0.05, 0.1) is 6.10 Å². The van der Waals surface area contributed by atoms with Gasteiger partial charge in [0.2, 0.25) is 0 Å². The van der Waals surface area contributed by atoms with Gasteiger partial charge in [0, 0.05) is 0 Å². The first kappa shape index (κ1) is 23.4. The maximum atomic E-state index is 10.9. The highest BCUT2D eigenvalue weighted by atomic mass is 16.3. The molecule has 1 N–H and O–H groups in total. The molecule has 0 aromatic heterocycles. The van der Waals surface area contributed by atoms with Crippen LogP contribution in [0.25, 0.3) is 0 Å². The Bertz CT molecular complexity index is 811. The molecule has 5 aliphatic carbocycles. The van der Waals surface area contributed by atoms with Crippen LogP contribution in [0.2, 0.25) is 0 Å². The molecule has 1 nitrogen and oxygen atoms in total. The Balaban J connectivity index is 1.58. The Morgan fingerprint density at radius 2 is 1.31 bits per heavy atom. The molecule has 5 rings (SSSR count). The summed E-state index contributed by atoms with van der Waals surface area (Å²) in [6, 6.07) is 0. The lowest BCUT2D eigenvalue weighted by atomic mass is 9.30. The van der Waals surface area contributed by atoms with Crippen LogP contribution in [0, 0.1) is 56.2 Å². The van der Waals surface area contributed by atoms with E-state index in [9.17, 15) is 5.11 Å². The maximum absolute atomic E-state index is 10.9. The third-order valence-corrected chi connectivity index (χ3v) is 14.4. The first-order chi connectivity index (χ1) is 14.7. The molecule has 0 spiro atoms. The van der Waals surface area contributed by atoms with Crippen LogP contribution in [0.3, 0.4) is 0 Å². The molecule has 5 aliphatic rings. The summed E-state index contributed by atoms with van der Waals surface area (Å²) in [6.45, 7) is 25.1. The molecule has 182 valence electrons. The standard InChI is InChI=1S/C31H52O/c1-20(2)21-12-15-27(5)18-19-30(8)24(31(21,27)9)11-10-23-28(6)16-14-25(32)26(3,4)22(28)13-17-29(23,30)7/h21-25,32H,1,10-19H2,2-9H3. The fourth-order valence-electron chi connectivity index (χ4n) is 12.1. The lowest BCUT2D eigenvalue weighted by Crippen LogP contribution is -2.68. The fourth-order valence-corrected chi connectivity index (χ4v) is 12.1.